The second-order valence-electron chi connectivity index (χ2n) is 4.53. The number of hydrogen-bond acceptors (Lipinski definition) is 4. The molecular weight excluding hydrogens is 288 g/mol. The molecule has 0 saturated heterocycles. The molecule has 6 nitrogen and oxygen atoms in total. The van der Waals surface area contributed by atoms with Gasteiger partial charge in [-0.15, -0.1) is 0 Å². The van der Waals surface area contributed by atoms with Gasteiger partial charge in [0.1, 0.15) is 0 Å². The van der Waals surface area contributed by atoms with Crippen molar-refractivity contribution < 1.29 is 9.59 Å². The number of hydrogen-bond donors (Lipinski definition) is 2. The van der Waals surface area contributed by atoms with Crippen molar-refractivity contribution in [3.05, 3.63) is 42.2 Å². The number of rotatable bonds is 4. The van der Waals surface area contributed by atoms with E-state index in [4.69, 9.17) is 5.73 Å². The van der Waals surface area contributed by atoms with Crippen molar-refractivity contribution in [1.82, 2.24) is 14.9 Å². The molecule has 2 aromatic rings. The third-order valence-electron chi connectivity index (χ3n) is 2.78. The van der Waals surface area contributed by atoms with Crippen LogP contribution in [0.25, 0.3) is 5.69 Å². The number of imide groups is 1. The van der Waals surface area contributed by atoms with E-state index in [2.05, 4.69) is 10.3 Å². The summed E-state index contributed by atoms with van der Waals surface area (Å²) < 4.78 is 1.89. The zero-order chi connectivity index (χ0) is 15.4. The predicted molar refractivity (Wildman–Crippen MR) is 81.3 cm³/mol. The van der Waals surface area contributed by atoms with Gasteiger partial charge in [-0.1, -0.05) is 23.9 Å². The van der Waals surface area contributed by atoms with Crippen molar-refractivity contribution in [2.24, 2.45) is 5.73 Å². The van der Waals surface area contributed by atoms with E-state index in [1.54, 1.807) is 13.1 Å². The Bertz CT molecular complexity index is 668. The Labute approximate surface area is 126 Å². The number of carbonyl (C=O) groups excluding carboxylic acids is 2. The van der Waals surface area contributed by atoms with Crippen LogP contribution < -0.4 is 11.1 Å². The van der Waals surface area contributed by atoms with Crippen molar-refractivity contribution in [3.63, 3.8) is 0 Å². The number of urea groups is 1. The molecule has 0 radical (unpaired) electrons. The lowest BCUT2D eigenvalue weighted by atomic mass is 10.2. The fraction of sp³-hybridized carbons (Fsp3) is 0.214. The first-order valence-electron chi connectivity index (χ1n) is 6.34. The maximum absolute atomic E-state index is 11.7. The largest absolute Gasteiger partial charge is 0.351 e. The van der Waals surface area contributed by atoms with Crippen molar-refractivity contribution in [1.29, 1.82) is 0 Å². The first-order valence-corrected chi connectivity index (χ1v) is 7.22. The maximum Gasteiger partial charge on any atom is 0.318 e. The molecule has 21 heavy (non-hydrogen) atoms. The Balaban J connectivity index is 2.17. The molecule has 3 amide bonds. The number of amides is 3. The smallest absolute Gasteiger partial charge is 0.318 e. The van der Waals surface area contributed by atoms with Gasteiger partial charge in [-0.25, -0.2) is 9.78 Å². The molecule has 0 unspecified atom stereocenters. The lowest BCUT2D eigenvalue weighted by molar-refractivity contribution is -0.119. The quantitative estimate of drug-likeness (QED) is 0.844. The van der Waals surface area contributed by atoms with E-state index in [-0.39, 0.29) is 0 Å². The van der Waals surface area contributed by atoms with Crippen molar-refractivity contribution in [2.75, 3.05) is 0 Å². The van der Waals surface area contributed by atoms with E-state index in [1.807, 2.05) is 42.0 Å². The van der Waals surface area contributed by atoms with Crippen LogP contribution in [-0.2, 0) is 4.79 Å². The van der Waals surface area contributed by atoms with Crippen molar-refractivity contribution in [2.45, 2.75) is 24.3 Å². The van der Waals surface area contributed by atoms with Crippen LogP contribution in [0.3, 0.4) is 0 Å². The van der Waals surface area contributed by atoms with Crippen LogP contribution in [0.2, 0.25) is 0 Å². The van der Waals surface area contributed by atoms with Gasteiger partial charge in [0.05, 0.1) is 5.25 Å². The molecule has 0 bridgehead atoms. The zero-order valence-corrected chi connectivity index (χ0v) is 12.6. The third kappa shape index (κ3) is 3.85. The topological polar surface area (TPSA) is 90.0 Å². The minimum atomic E-state index is -0.852. The van der Waals surface area contributed by atoms with Gasteiger partial charge >= 0.3 is 6.03 Å². The van der Waals surface area contributed by atoms with Crippen LogP contribution in [-0.4, -0.2) is 26.7 Å². The van der Waals surface area contributed by atoms with Gasteiger partial charge in [-0.3, -0.25) is 14.7 Å². The highest BCUT2D eigenvalue weighted by atomic mass is 32.2. The van der Waals surface area contributed by atoms with Crippen molar-refractivity contribution in [3.8, 4) is 5.69 Å². The number of thioether (sulfide) groups is 1. The molecule has 1 aromatic carbocycles. The lowest BCUT2D eigenvalue weighted by Crippen LogP contribution is -2.39. The second kappa shape index (κ2) is 6.45. The summed E-state index contributed by atoms with van der Waals surface area (Å²) in [5.41, 5.74) is 7.05. The number of nitrogens with zero attached hydrogens (tertiary/aromatic N) is 2. The van der Waals surface area contributed by atoms with E-state index < -0.39 is 17.2 Å². The Morgan fingerprint density at radius 3 is 2.86 bits per heavy atom. The molecule has 3 N–H and O–H groups in total. The predicted octanol–water partition coefficient (Wildman–Crippen LogP) is 1.86. The van der Waals surface area contributed by atoms with E-state index in [1.165, 1.54) is 11.8 Å². The molecule has 0 aliphatic heterocycles. The number of aromatic nitrogens is 2. The van der Waals surface area contributed by atoms with Crippen LogP contribution in [0.1, 0.15) is 12.5 Å². The molecule has 1 heterocycles. The summed E-state index contributed by atoms with van der Waals surface area (Å²) >= 11 is 1.26. The molecule has 0 aliphatic rings. The highest BCUT2D eigenvalue weighted by molar-refractivity contribution is 8.00. The average Bonchev–Trinajstić information content (AvgIpc) is 2.86. The van der Waals surface area contributed by atoms with Crippen LogP contribution >= 0.6 is 11.8 Å². The van der Waals surface area contributed by atoms with Gasteiger partial charge in [0.2, 0.25) is 5.91 Å². The Kier molecular flexibility index (Phi) is 4.64. The van der Waals surface area contributed by atoms with Gasteiger partial charge in [0, 0.05) is 18.1 Å². The van der Waals surface area contributed by atoms with E-state index in [0.717, 1.165) is 11.3 Å². The second-order valence-corrected chi connectivity index (χ2v) is 5.84. The van der Waals surface area contributed by atoms with Gasteiger partial charge < -0.3 is 5.73 Å². The highest BCUT2D eigenvalue weighted by Crippen LogP contribution is 2.24. The molecule has 0 saturated carbocycles. The van der Waals surface area contributed by atoms with Gasteiger partial charge in [-0.05, 0) is 31.5 Å². The molecule has 7 heteroatoms. The maximum atomic E-state index is 11.7. The van der Waals surface area contributed by atoms with Crippen LogP contribution in [0.15, 0.2) is 41.8 Å². The normalized spacial score (nSPS) is 11.9. The van der Waals surface area contributed by atoms with E-state index in [9.17, 15) is 9.59 Å². The number of primary amides is 1. The van der Waals surface area contributed by atoms with Gasteiger partial charge in [0.15, 0.2) is 5.16 Å². The van der Waals surface area contributed by atoms with Gasteiger partial charge in [-0.2, -0.15) is 0 Å². The molecule has 0 spiro atoms. The van der Waals surface area contributed by atoms with Crippen molar-refractivity contribution >= 4 is 23.7 Å². The van der Waals surface area contributed by atoms with Crippen LogP contribution in [0.4, 0.5) is 4.79 Å². The zero-order valence-electron chi connectivity index (χ0n) is 11.7. The monoisotopic (exact) mass is 304 g/mol. The molecule has 1 atom stereocenters. The van der Waals surface area contributed by atoms with Gasteiger partial charge in [0.25, 0.3) is 0 Å². The van der Waals surface area contributed by atoms with E-state index >= 15 is 0 Å². The summed E-state index contributed by atoms with van der Waals surface area (Å²) in [6.07, 6.45) is 3.50. The average molecular weight is 304 g/mol. The molecule has 1 aromatic heterocycles. The first-order chi connectivity index (χ1) is 9.97. The number of benzene rings is 1. The minimum Gasteiger partial charge on any atom is -0.351 e. The summed E-state index contributed by atoms with van der Waals surface area (Å²) in [5, 5.41) is 2.26. The van der Waals surface area contributed by atoms with Crippen LogP contribution in [0, 0.1) is 6.92 Å². The Morgan fingerprint density at radius 1 is 1.43 bits per heavy atom. The number of carbonyl (C=O) groups is 2. The summed E-state index contributed by atoms with van der Waals surface area (Å²) in [5.74, 6) is -0.439. The fourth-order valence-corrected chi connectivity index (χ4v) is 2.67. The van der Waals surface area contributed by atoms with Crippen LogP contribution in [0.5, 0.6) is 0 Å². The number of imidazole rings is 1. The summed E-state index contributed by atoms with van der Waals surface area (Å²) in [6.45, 7) is 3.70. The molecule has 0 fully saturated rings. The minimum absolute atomic E-state index is 0.439. The van der Waals surface area contributed by atoms with E-state index in [0.29, 0.717) is 5.16 Å². The summed E-state index contributed by atoms with van der Waals surface area (Å²) in [7, 11) is 0. The molecular formula is C14H16N4O2S. The fourth-order valence-electron chi connectivity index (χ4n) is 1.79. The SMILES string of the molecule is Cc1cccc(-n2ccnc2S[C@H](C)C(=O)NC(N)=O)c1. The number of nitrogens with two attached hydrogens (primary N) is 1. The molecule has 0 aliphatic carbocycles. The third-order valence-corrected chi connectivity index (χ3v) is 3.86. The Morgan fingerprint density at radius 2 is 2.19 bits per heavy atom. The molecule has 110 valence electrons. The molecule has 2 rings (SSSR count). The lowest BCUT2D eigenvalue weighted by Gasteiger charge is -2.12. The summed E-state index contributed by atoms with van der Waals surface area (Å²) in [6, 6.07) is 7.11. The number of aryl methyl sites for hydroxylation is 1. The number of nitrogens with one attached hydrogen (secondary N) is 1. The Hall–Kier alpha value is -2.28. The first kappa shape index (κ1) is 15.1. The summed E-state index contributed by atoms with van der Waals surface area (Å²) in [4.78, 5) is 26.7. The highest BCUT2D eigenvalue weighted by Gasteiger charge is 2.18. The standard InChI is InChI=1S/C14H16N4O2S/c1-9-4-3-5-11(8-9)18-7-6-16-14(18)21-10(2)12(19)17-13(15)20/h3-8,10H,1-2H3,(H3,15,17,19,20)/t10-/m1/s1.